The standard InChI is InChI=1S/C13H20N2O.C2H6/c1-10-4-5-12(13(8-10)16-3)15-7-6-14-9-11(15)2;1-2/h4-5,8,11,14H,6-7,9H2,1-3H3;1-2H3. The minimum absolute atomic E-state index is 0.519. The van der Waals surface area contributed by atoms with E-state index in [1.807, 2.05) is 13.8 Å². The average Bonchev–Trinajstić information content (AvgIpc) is 2.42. The second kappa shape index (κ2) is 7.27. The first-order valence-electron chi connectivity index (χ1n) is 6.84. The van der Waals surface area contributed by atoms with Gasteiger partial charge in [-0.05, 0) is 31.5 Å². The van der Waals surface area contributed by atoms with Crippen molar-refractivity contribution in [3.05, 3.63) is 23.8 Å². The number of piperazine rings is 1. The maximum absolute atomic E-state index is 5.47. The molecule has 1 saturated heterocycles. The van der Waals surface area contributed by atoms with Gasteiger partial charge in [0, 0.05) is 25.7 Å². The Morgan fingerprint density at radius 2 is 2.06 bits per heavy atom. The molecule has 1 aromatic rings. The normalized spacial score (nSPS) is 18.9. The van der Waals surface area contributed by atoms with Gasteiger partial charge in [0.25, 0.3) is 0 Å². The first-order chi connectivity index (χ1) is 8.72. The number of aryl methyl sites for hydroxylation is 1. The van der Waals surface area contributed by atoms with Crippen LogP contribution in [0.1, 0.15) is 26.3 Å². The van der Waals surface area contributed by atoms with Gasteiger partial charge in [0.15, 0.2) is 0 Å². The highest BCUT2D eigenvalue weighted by Gasteiger charge is 2.20. The Balaban J connectivity index is 0.000000771. The van der Waals surface area contributed by atoms with Crippen LogP contribution < -0.4 is 15.0 Å². The van der Waals surface area contributed by atoms with Gasteiger partial charge in [0.2, 0.25) is 0 Å². The van der Waals surface area contributed by atoms with Crippen molar-refractivity contribution in [2.24, 2.45) is 0 Å². The molecule has 102 valence electrons. The lowest BCUT2D eigenvalue weighted by molar-refractivity contribution is 0.409. The number of ether oxygens (including phenoxy) is 1. The molecule has 2 rings (SSSR count). The van der Waals surface area contributed by atoms with Crippen molar-refractivity contribution in [3.63, 3.8) is 0 Å². The summed E-state index contributed by atoms with van der Waals surface area (Å²) in [6.07, 6.45) is 0. The van der Waals surface area contributed by atoms with Gasteiger partial charge in [0.05, 0.1) is 12.8 Å². The molecule has 1 heterocycles. The summed E-state index contributed by atoms with van der Waals surface area (Å²) in [6.45, 7) is 11.5. The molecule has 1 unspecified atom stereocenters. The summed E-state index contributed by atoms with van der Waals surface area (Å²) in [6, 6.07) is 6.93. The van der Waals surface area contributed by atoms with Crippen LogP contribution >= 0.6 is 0 Å². The zero-order valence-corrected chi connectivity index (χ0v) is 12.3. The van der Waals surface area contributed by atoms with Crippen molar-refractivity contribution in [1.29, 1.82) is 0 Å². The predicted octanol–water partition coefficient (Wildman–Crippen LogP) is 2.83. The molecule has 1 aliphatic rings. The largest absolute Gasteiger partial charge is 0.495 e. The fourth-order valence-corrected chi connectivity index (χ4v) is 2.22. The summed E-state index contributed by atoms with van der Waals surface area (Å²) < 4.78 is 5.47. The minimum atomic E-state index is 0.519. The molecular weight excluding hydrogens is 224 g/mol. The number of rotatable bonds is 2. The second-order valence-corrected chi connectivity index (χ2v) is 4.42. The zero-order chi connectivity index (χ0) is 13.5. The van der Waals surface area contributed by atoms with Crippen molar-refractivity contribution < 1.29 is 4.74 Å². The Bertz CT molecular complexity index is 366. The third-order valence-electron chi connectivity index (χ3n) is 3.15. The van der Waals surface area contributed by atoms with E-state index in [1.54, 1.807) is 7.11 Å². The predicted molar refractivity (Wildman–Crippen MR) is 78.8 cm³/mol. The molecule has 0 spiro atoms. The van der Waals surface area contributed by atoms with Gasteiger partial charge in [-0.1, -0.05) is 19.9 Å². The van der Waals surface area contributed by atoms with E-state index >= 15 is 0 Å². The van der Waals surface area contributed by atoms with E-state index in [4.69, 9.17) is 4.74 Å². The molecule has 0 radical (unpaired) electrons. The highest BCUT2D eigenvalue weighted by atomic mass is 16.5. The number of benzene rings is 1. The summed E-state index contributed by atoms with van der Waals surface area (Å²) in [5, 5.41) is 3.40. The van der Waals surface area contributed by atoms with Crippen LogP contribution in [-0.2, 0) is 0 Å². The van der Waals surface area contributed by atoms with Gasteiger partial charge in [0.1, 0.15) is 5.75 Å². The van der Waals surface area contributed by atoms with E-state index in [0.29, 0.717) is 6.04 Å². The molecular formula is C15H26N2O. The maximum atomic E-state index is 5.47. The number of nitrogens with one attached hydrogen (secondary N) is 1. The van der Waals surface area contributed by atoms with E-state index in [0.717, 1.165) is 25.4 Å². The lowest BCUT2D eigenvalue weighted by Gasteiger charge is -2.36. The monoisotopic (exact) mass is 250 g/mol. The van der Waals surface area contributed by atoms with Crippen molar-refractivity contribution in [2.45, 2.75) is 33.7 Å². The molecule has 1 aliphatic heterocycles. The van der Waals surface area contributed by atoms with Crippen LogP contribution in [0, 0.1) is 6.92 Å². The summed E-state index contributed by atoms with van der Waals surface area (Å²) in [5.74, 6) is 0.980. The van der Waals surface area contributed by atoms with Crippen molar-refractivity contribution in [3.8, 4) is 5.75 Å². The molecule has 3 heteroatoms. The van der Waals surface area contributed by atoms with E-state index < -0.39 is 0 Å². The van der Waals surface area contributed by atoms with Crippen LogP contribution in [0.2, 0.25) is 0 Å². The quantitative estimate of drug-likeness (QED) is 0.873. The summed E-state index contributed by atoms with van der Waals surface area (Å²) in [7, 11) is 1.74. The lowest BCUT2D eigenvalue weighted by atomic mass is 10.1. The van der Waals surface area contributed by atoms with Crippen LogP contribution in [0.4, 0.5) is 5.69 Å². The molecule has 0 aromatic heterocycles. The van der Waals surface area contributed by atoms with Crippen LogP contribution in [0.15, 0.2) is 18.2 Å². The Hall–Kier alpha value is -1.22. The summed E-state index contributed by atoms with van der Waals surface area (Å²) in [4.78, 5) is 2.41. The lowest BCUT2D eigenvalue weighted by Crippen LogP contribution is -2.50. The molecule has 3 nitrogen and oxygen atoms in total. The Labute approximate surface area is 111 Å². The van der Waals surface area contributed by atoms with Crippen molar-refractivity contribution in [1.82, 2.24) is 5.32 Å². The van der Waals surface area contributed by atoms with Gasteiger partial charge < -0.3 is 15.0 Å². The topological polar surface area (TPSA) is 24.5 Å². The van der Waals surface area contributed by atoms with Crippen molar-refractivity contribution >= 4 is 5.69 Å². The zero-order valence-electron chi connectivity index (χ0n) is 12.3. The molecule has 0 saturated carbocycles. The average molecular weight is 250 g/mol. The molecule has 0 amide bonds. The van der Waals surface area contributed by atoms with Gasteiger partial charge in [-0.25, -0.2) is 0 Å². The first-order valence-corrected chi connectivity index (χ1v) is 6.84. The highest BCUT2D eigenvalue weighted by Crippen LogP contribution is 2.30. The fraction of sp³-hybridized carbons (Fsp3) is 0.600. The third-order valence-corrected chi connectivity index (χ3v) is 3.15. The summed E-state index contributed by atoms with van der Waals surface area (Å²) in [5.41, 5.74) is 2.45. The molecule has 0 aliphatic carbocycles. The van der Waals surface area contributed by atoms with Gasteiger partial charge in [-0.2, -0.15) is 0 Å². The Kier molecular flexibility index (Phi) is 5.99. The molecule has 0 bridgehead atoms. The third kappa shape index (κ3) is 3.39. The smallest absolute Gasteiger partial charge is 0.142 e. The highest BCUT2D eigenvalue weighted by molar-refractivity contribution is 5.60. The first kappa shape index (κ1) is 14.8. The Morgan fingerprint density at radius 3 is 2.67 bits per heavy atom. The van der Waals surface area contributed by atoms with Crippen LogP contribution in [0.3, 0.4) is 0 Å². The maximum Gasteiger partial charge on any atom is 0.142 e. The van der Waals surface area contributed by atoms with E-state index in [2.05, 4.69) is 42.3 Å². The van der Waals surface area contributed by atoms with Crippen LogP contribution in [0.25, 0.3) is 0 Å². The molecule has 18 heavy (non-hydrogen) atoms. The molecule has 1 aromatic carbocycles. The second-order valence-electron chi connectivity index (χ2n) is 4.42. The van der Waals surface area contributed by atoms with Gasteiger partial charge >= 0.3 is 0 Å². The van der Waals surface area contributed by atoms with E-state index in [-0.39, 0.29) is 0 Å². The number of methoxy groups -OCH3 is 1. The van der Waals surface area contributed by atoms with E-state index in [9.17, 15) is 0 Å². The molecule has 1 fully saturated rings. The van der Waals surface area contributed by atoms with Crippen LogP contribution in [0.5, 0.6) is 5.75 Å². The number of nitrogens with zero attached hydrogens (tertiary/aromatic N) is 1. The van der Waals surface area contributed by atoms with E-state index in [1.165, 1.54) is 11.3 Å². The Morgan fingerprint density at radius 1 is 1.33 bits per heavy atom. The minimum Gasteiger partial charge on any atom is -0.495 e. The molecule has 1 N–H and O–H groups in total. The molecule has 1 atom stereocenters. The van der Waals surface area contributed by atoms with Gasteiger partial charge in [-0.15, -0.1) is 0 Å². The number of hydrogen-bond donors (Lipinski definition) is 1. The van der Waals surface area contributed by atoms with Crippen molar-refractivity contribution in [2.75, 3.05) is 31.6 Å². The SMILES string of the molecule is CC.COc1cc(C)ccc1N1CCNCC1C. The van der Waals surface area contributed by atoms with Crippen LogP contribution in [-0.4, -0.2) is 32.8 Å². The van der Waals surface area contributed by atoms with Gasteiger partial charge in [-0.3, -0.25) is 0 Å². The number of anilines is 1. The fourth-order valence-electron chi connectivity index (χ4n) is 2.22. The summed E-state index contributed by atoms with van der Waals surface area (Å²) >= 11 is 0. The number of hydrogen-bond acceptors (Lipinski definition) is 3.